The normalized spacial score (nSPS) is 13.1. The zero-order chi connectivity index (χ0) is 14.1. The average Bonchev–Trinajstić information content (AvgIpc) is 2.91. The first-order chi connectivity index (χ1) is 9.69. The van der Waals surface area contributed by atoms with Gasteiger partial charge in [-0.05, 0) is 39.7 Å². The molecule has 0 saturated heterocycles. The quantitative estimate of drug-likeness (QED) is 0.933. The van der Waals surface area contributed by atoms with Crippen LogP contribution in [0.25, 0.3) is 11.4 Å². The molecular formula is C14H13BrN2O3. The van der Waals surface area contributed by atoms with E-state index in [4.69, 9.17) is 9.47 Å². The minimum atomic E-state index is -0.209. The van der Waals surface area contributed by atoms with Crippen LogP contribution in [0.3, 0.4) is 0 Å². The number of H-pyrrole nitrogens is 1. The molecule has 0 spiro atoms. The van der Waals surface area contributed by atoms with E-state index < -0.39 is 0 Å². The van der Waals surface area contributed by atoms with Gasteiger partial charge in [-0.15, -0.1) is 0 Å². The van der Waals surface area contributed by atoms with Gasteiger partial charge in [-0.3, -0.25) is 4.79 Å². The number of fused-ring (bicyclic) bond motifs is 1. The SMILES string of the molecule is COCc1nc(-c2ccc3c(c2)CCO3)[nH]c(=O)c1Br. The number of benzene rings is 1. The van der Waals surface area contributed by atoms with Crippen LogP contribution in [0, 0.1) is 0 Å². The van der Waals surface area contributed by atoms with Crippen LogP contribution < -0.4 is 10.3 Å². The second kappa shape index (κ2) is 5.38. The lowest BCUT2D eigenvalue weighted by atomic mass is 10.1. The highest BCUT2D eigenvalue weighted by atomic mass is 79.9. The molecule has 2 aromatic rings. The van der Waals surface area contributed by atoms with Crippen LogP contribution in [0.5, 0.6) is 5.75 Å². The Morgan fingerprint density at radius 1 is 1.50 bits per heavy atom. The second-order valence-corrected chi connectivity index (χ2v) is 5.32. The van der Waals surface area contributed by atoms with Gasteiger partial charge >= 0.3 is 0 Å². The Morgan fingerprint density at radius 3 is 3.15 bits per heavy atom. The van der Waals surface area contributed by atoms with Crippen LogP contribution in [0.4, 0.5) is 0 Å². The highest BCUT2D eigenvalue weighted by molar-refractivity contribution is 9.10. The standard InChI is InChI=1S/C14H13BrN2O3/c1-19-7-10-12(15)14(18)17-13(16-10)9-2-3-11-8(6-9)4-5-20-11/h2-3,6H,4-5,7H2,1H3,(H,16,17,18). The van der Waals surface area contributed by atoms with Gasteiger partial charge in [0.05, 0.1) is 18.9 Å². The van der Waals surface area contributed by atoms with Crippen molar-refractivity contribution < 1.29 is 9.47 Å². The van der Waals surface area contributed by atoms with Crippen molar-refractivity contribution in [3.63, 3.8) is 0 Å². The Morgan fingerprint density at radius 2 is 2.35 bits per heavy atom. The van der Waals surface area contributed by atoms with Gasteiger partial charge in [0.15, 0.2) is 0 Å². The summed E-state index contributed by atoms with van der Waals surface area (Å²) in [5, 5.41) is 0. The predicted octanol–water partition coefficient (Wildman–Crippen LogP) is 2.28. The maximum atomic E-state index is 11.9. The van der Waals surface area contributed by atoms with E-state index in [0.29, 0.717) is 22.6 Å². The molecule has 104 valence electrons. The Hall–Kier alpha value is -1.66. The highest BCUT2D eigenvalue weighted by Crippen LogP contribution is 2.29. The molecule has 1 aliphatic rings. The summed E-state index contributed by atoms with van der Waals surface area (Å²) in [5.41, 5.74) is 2.39. The monoisotopic (exact) mass is 336 g/mol. The molecule has 1 aromatic carbocycles. The maximum absolute atomic E-state index is 11.9. The van der Waals surface area contributed by atoms with Gasteiger partial charge in [-0.1, -0.05) is 0 Å². The van der Waals surface area contributed by atoms with Crippen molar-refractivity contribution in [1.82, 2.24) is 9.97 Å². The molecule has 0 fully saturated rings. The van der Waals surface area contributed by atoms with E-state index in [0.717, 1.165) is 23.3 Å². The summed E-state index contributed by atoms with van der Waals surface area (Å²) < 4.78 is 10.9. The molecule has 6 heteroatoms. The lowest BCUT2D eigenvalue weighted by Crippen LogP contribution is -2.14. The molecule has 0 amide bonds. The number of hydrogen-bond acceptors (Lipinski definition) is 4. The molecule has 0 saturated carbocycles. The van der Waals surface area contributed by atoms with E-state index in [9.17, 15) is 4.79 Å². The van der Waals surface area contributed by atoms with E-state index in [2.05, 4.69) is 25.9 Å². The molecule has 3 rings (SSSR count). The van der Waals surface area contributed by atoms with Crippen molar-refractivity contribution in [1.29, 1.82) is 0 Å². The summed E-state index contributed by atoms with van der Waals surface area (Å²) in [6.07, 6.45) is 0.884. The third kappa shape index (κ3) is 2.36. The molecule has 0 bridgehead atoms. The van der Waals surface area contributed by atoms with Crippen LogP contribution in [-0.4, -0.2) is 23.7 Å². The number of aromatic nitrogens is 2. The van der Waals surface area contributed by atoms with Gasteiger partial charge in [0.25, 0.3) is 5.56 Å². The van der Waals surface area contributed by atoms with Gasteiger partial charge in [0, 0.05) is 19.1 Å². The molecule has 0 radical (unpaired) electrons. The van der Waals surface area contributed by atoms with Crippen LogP contribution in [0.2, 0.25) is 0 Å². The van der Waals surface area contributed by atoms with Crippen molar-refractivity contribution in [2.24, 2.45) is 0 Å². The number of nitrogens with one attached hydrogen (secondary N) is 1. The largest absolute Gasteiger partial charge is 0.493 e. The zero-order valence-electron chi connectivity index (χ0n) is 10.9. The fourth-order valence-corrected chi connectivity index (χ4v) is 2.51. The summed E-state index contributed by atoms with van der Waals surface area (Å²) in [5.74, 6) is 1.45. The Balaban J connectivity index is 2.08. The summed E-state index contributed by atoms with van der Waals surface area (Å²) >= 11 is 3.23. The van der Waals surface area contributed by atoms with Crippen molar-refractivity contribution >= 4 is 15.9 Å². The fourth-order valence-electron chi connectivity index (χ4n) is 2.21. The molecule has 2 heterocycles. The van der Waals surface area contributed by atoms with Crippen LogP contribution in [0.1, 0.15) is 11.3 Å². The third-order valence-electron chi connectivity index (χ3n) is 3.18. The molecule has 0 unspecified atom stereocenters. The summed E-state index contributed by atoms with van der Waals surface area (Å²) in [4.78, 5) is 19.1. The van der Waals surface area contributed by atoms with Gasteiger partial charge in [0.2, 0.25) is 0 Å². The minimum absolute atomic E-state index is 0.209. The average molecular weight is 337 g/mol. The summed E-state index contributed by atoms with van der Waals surface area (Å²) in [6.45, 7) is 0.990. The first-order valence-corrected chi connectivity index (χ1v) is 7.02. The molecule has 0 atom stereocenters. The molecule has 5 nitrogen and oxygen atoms in total. The van der Waals surface area contributed by atoms with E-state index in [-0.39, 0.29) is 12.2 Å². The lowest BCUT2D eigenvalue weighted by molar-refractivity contribution is 0.180. The lowest BCUT2D eigenvalue weighted by Gasteiger charge is -2.07. The zero-order valence-corrected chi connectivity index (χ0v) is 12.5. The first-order valence-electron chi connectivity index (χ1n) is 6.23. The fraction of sp³-hybridized carbons (Fsp3) is 0.286. The van der Waals surface area contributed by atoms with Gasteiger partial charge in [0.1, 0.15) is 16.0 Å². The van der Waals surface area contributed by atoms with Crippen LogP contribution >= 0.6 is 15.9 Å². The van der Waals surface area contributed by atoms with Crippen molar-refractivity contribution in [3.05, 3.63) is 44.3 Å². The van der Waals surface area contributed by atoms with Gasteiger partial charge in [-0.2, -0.15) is 0 Å². The van der Waals surface area contributed by atoms with Gasteiger partial charge < -0.3 is 14.5 Å². The van der Waals surface area contributed by atoms with E-state index in [1.807, 2.05) is 18.2 Å². The number of halogens is 1. The highest BCUT2D eigenvalue weighted by Gasteiger charge is 2.15. The number of rotatable bonds is 3. The summed E-state index contributed by atoms with van der Waals surface area (Å²) in [6, 6.07) is 5.81. The van der Waals surface area contributed by atoms with Crippen LogP contribution in [0.15, 0.2) is 27.5 Å². The minimum Gasteiger partial charge on any atom is -0.493 e. The Labute approximate surface area is 124 Å². The Kier molecular flexibility index (Phi) is 3.58. The number of methoxy groups -OCH3 is 1. The van der Waals surface area contributed by atoms with E-state index >= 15 is 0 Å². The summed E-state index contributed by atoms with van der Waals surface area (Å²) in [7, 11) is 1.57. The number of ether oxygens (including phenoxy) is 2. The van der Waals surface area contributed by atoms with Gasteiger partial charge in [-0.25, -0.2) is 4.98 Å². The molecular weight excluding hydrogens is 324 g/mol. The predicted molar refractivity (Wildman–Crippen MR) is 77.9 cm³/mol. The smallest absolute Gasteiger partial charge is 0.265 e. The number of hydrogen-bond donors (Lipinski definition) is 1. The number of nitrogens with zero attached hydrogens (tertiary/aromatic N) is 1. The topological polar surface area (TPSA) is 64.2 Å². The van der Waals surface area contributed by atoms with Crippen LogP contribution in [-0.2, 0) is 17.8 Å². The van der Waals surface area contributed by atoms with Crippen molar-refractivity contribution in [3.8, 4) is 17.1 Å². The third-order valence-corrected chi connectivity index (χ3v) is 3.99. The molecule has 20 heavy (non-hydrogen) atoms. The van der Waals surface area contributed by atoms with E-state index in [1.54, 1.807) is 7.11 Å². The van der Waals surface area contributed by atoms with Crippen molar-refractivity contribution in [2.45, 2.75) is 13.0 Å². The maximum Gasteiger partial charge on any atom is 0.265 e. The number of aromatic amines is 1. The first kappa shape index (κ1) is 13.3. The second-order valence-electron chi connectivity index (χ2n) is 4.53. The van der Waals surface area contributed by atoms with E-state index in [1.165, 1.54) is 0 Å². The van der Waals surface area contributed by atoms with Crippen molar-refractivity contribution in [2.75, 3.05) is 13.7 Å². The molecule has 1 aromatic heterocycles. The molecule has 1 aliphatic heterocycles. The molecule has 1 N–H and O–H groups in total. The Bertz CT molecular complexity index is 712. The molecule has 0 aliphatic carbocycles.